The third-order valence-electron chi connectivity index (χ3n) is 3.62. The summed E-state index contributed by atoms with van der Waals surface area (Å²) in [5, 5.41) is 2.80. The Morgan fingerprint density at radius 2 is 2.00 bits per heavy atom. The standard InChI is InChI=1S/C14H18N2O2/c1-5-10-11(6-2)15-13(18)14(10)7-16(8-14)12(17)9(3)4/h5-6,9H,1-2,7-8H2,3-4H3,(H,15,18). The van der Waals surface area contributed by atoms with Crippen LogP contribution in [0.25, 0.3) is 0 Å². The number of hydrogen-bond donors (Lipinski definition) is 1. The highest BCUT2D eigenvalue weighted by Crippen LogP contribution is 2.44. The van der Waals surface area contributed by atoms with Gasteiger partial charge in [-0.2, -0.15) is 0 Å². The number of likely N-dealkylation sites (tertiary alicyclic amines) is 1. The maximum absolute atomic E-state index is 12.1. The molecule has 0 unspecified atom stereocenters. The van der Waals surface area contributed by atoms with E-state index in [1.54, 1.807) is 17.1 Å². The van der Waals surface area contributed by atoms with Crippen molar-refractivity contribution in [2.24, 2.45) is 11.3 Å². The fraction of sp³-hybridized carbons (Fsp3) is 0.429. The van der Waals surface area contributed by atoms with E-state index in [1.807, 2.05) is 13.8 Å². The van der Waals surface area contributed by atoms with Gasteiger partial charge in [0.15, 0.2) is 0 Å². The lowest BCUT2D eigenvalue weighted by molar-refractivity contribution is -0.150. The van der Waals surface area contributed by atoms with Gasteiger partial charge in [0.05, 0.1) is 0 Å². The molecule has 0 aromatic carbocycles. The Morgan fingerprint density at radius 3 is 2.44 bits per heavy atom. The molecule has 2 rings (SSSR count). The minimum absolute atomic E-state index is 0.0400. The summed E-state index contributed by atoms with van der Waals surface area (Å²) in [5.41, 5.74) is 0.970. The summed E-state index contributed by atoms with van der Waals surface area (Å²) < 4.78 is 0. The molecule has 1 N–H and O–H groups in total. The van der Waals surface area contributed by atoms with Gasteiger partial charge in [0.1, 0.15) is 5.41 Å². The monoisotopic (exact) mass is 246 g/mol. The highest BCUT2D eigenvalue weighted by atomic mass is 16.2. The van der Waals surface area contributed by atoms with Gasteiger partial charge in [-0.3, -0.25) is 9.59 Å². The highest BCUT2D eigenvalue weighted by molar-refractivity contribution is 5.96. The Balaban J connectivity index is 2.23. The van der Waals surface area contributed by atoms with Gasteiger partial charge in [-0.1, -0.05) is 33.1 Å². The molecule has 4 heteroatoms. The van der Waals surface area contributed by atoms with E-state index in [-0.39, 0.29) is 17.7 Å². The van der Waals surface area contributed by atoms with Crippen molar-refractivity contribution >= 4 is 11.8 Å². The lowest BCUT2D eigenvalue weighted by Crippen LogP contribution is -2.63. The van der Waals surface area contributed by atoms with Crippen LogP contribution in [-0.2, 0) is 9.59 Å². The number of nitrogens with one attached hydrogen (secondary N) is 1. The third-order valence-corrected chi connectivity index (χ3v) is 3.62. The Hall–Kier alpha value is -1.84. The number of hydrogen-bond acceptors (Lipinski definition) is 2. The first-order valence-corrected chi connectivity index (χ1v) is 6.06. The zero-order valence-electron chi connectivity index (χ0n) is 10.8. The van der Waals surface area contributed by atoms with Crippen LogP contribution in [0.15, 0.2) is 36.6 Å². The van der Waals surface area contributed by atoms with Gasteiger partial charge >= 0.3 is 0 Å². The third kappa shape index (κ3) is 1.52. The fourth-order valence-corrected chi connectivity index (χ4v) is 2.60. The van der Waals surface area contributed by atoms with Crippen LogP contribution in [0.4, 0.5) is 0 Å². The van der Waals surface area contributed by atoms with Gasteiger partial charge < -0.3 is 10.2 Å². The minimum atomic E-state index is -0.601. The van der Waals surface area contributed by atoms with Crippen molar-refractivity contribution in [1.29, 1.82) is 0 Å². The molecule has 2 heterocycles. The van der Waals surface area contributed by atoms with Crippen LogP contribution in [0.5, 0.6) is 0 Å². The quantitative estimate of drug-likeness (QED) is 0.814. The minimum Gasteiger partial charge on any atom is -0.339 e. The normalized spacial score (nSPS) is 21.1. The van der Waals surface area contributed by atoms with Crippen LogP contribution in [0, 0.1) is 11.3 Å². The summed E-state index contributed by atoms with van der Waals surface area (Å²) in [4.78, 5) is 25.6. The van der Waals surface area contributed by atoms with Gasteiger partial charge in [0.25, 0.3) is 0 Å². The Labute approximate surface area is 107 Å². The molecule has 0 aromatic heterocycles. The average Bonchev–Trinajstić information content (AvgIpc) is 2.58. The number of nitrogens with zero attached hydrogens (tertiary/aromatic N) is 1. The molecule has 4 nitrogen and oxygen atoms in total. The molecule has 0 atom stereocenters. The van der Waals surface area contributed by atoms with Gasteiger partial charge in [-0.05, 0) is 11.6 Å². The second-order valence-electron chi connectivity index (χ2n) is 5.12. The second kappa shape index (κ2) is 4.12. The molecule has 2 amide bonds. The molecule has 0 aromatic rings. The maximum Gasteiger partial charge on any atom is 0.238 e. The average molecular weight is 246 g/mol. The topological polar surface area (TPSA) is 49.4 Å². The smallest absolute Gasteiger partial charge is 0.238 e. The van der Waals surface area contributed by atoms with Crippen molar-refractivity contribution < 1.29 is 9.59 Å². The molecule has 0 aliphatic carbocycles. The summed E-state index contributed by atoms with van der Waals surface area (Å²) in [7, 11) is 0. The molecule has 2 aliphatic heterocycles. The van der Waals surface area contributed by atoms with Crippen LogP contribution < -0.4 is 5.32 Å². The van der Waals surface area contributed by atoms with E-state index in [9.17, 15) is 9.59 Å². The van der Waals surface area contributed by atoms with Crippen LogP contribution in [0.2, 0.25) is 0 Å². The Morgan fingerprint density at radius 1 is 1.39 bits per heavy atom. The van der Waals surface area contributed by atoms with Gasteiger partial charge in [-0.15, -0.1) is 0 Å². The van der Waals surface area contributed by atoms with Crippen molar-refractivity contribution in [3.05, 3.63) is 36.6 Å². The van der Waals surface area contributed by atoms with Crippen LogP contribution in [0.3, 0.4) is 0 Å². The van der Waals surface area contributed by atoms with E-state index in [2.05, 4.69) is 18.5 Å². The lowest BCUT2D eigenvalue weighted by atomic mass is 9.73. The maximum atomic E-state index is 12.1. The first kappa shape index (κ1) is 12.6. The second-order valence-corrected chi connectivity index (χ2v) is 5.12. The Bertz CT molecular complexity index is 468. The molecular weight excluding hydrogens is 228 g/mol. The first-order valence-electron chi connectivity index (χ1n) is 6.06. The van der Waals surface area contributed by atoms with Gasteiger partial charge in [0.2, 0.25) is 11.8 Å². The number of amides is 2. The van der Waals surface area contributed by atoms with Crippen molar-refractivity contribution in [1.82, 2.24) is 10.2 Å². The highest BCUT2D eigenvalue weighted by Gasteiger charge is 2.56. The molecule has 0 bridgehead atoms. The molecule has 0 saturated carbocycles. The van der Waals surface area contributed by atoms with E-state index in [0.29, 0.717) is 18.8 Å². The van der Waals surface area contributed by atoms with Gasteiger partial charge in [0, 0.05) is 24.7 Å². The van der Waals surface area contributed by atoms with E-state index >= 15 is 0 Å². The number of carbonyl (C=O) groups excluding carboxylic acids is 2. The van der Waals surface area contributed by atoms with Crippen molar-refractivity contribution in [3.63, 3.8) is 0 Å². The number of allylic oxidation sites excluding steroid dienone is 2. The molecule has 2 aliphatic rings. The molecule has 1 saturated heterocycles. The van der Waals surface area contributed by atoms with Crippen LogP contribution in [-0.4, -0.2) is 29.8 Å². The summed E-state index contributed by atoms with van der Waals surface area (Å²) >= 11 is 0. The first-order chi connectivity index (χ1) is 8.46. The lowest BCUT2D eigenvalue weighted by Gasteiger charge is -2.47. The van der Waals surface area contributed by atoms with Crippen LogP contribution >= 0.6 is 0 Å². The van der Waals surface area contributed by atoms with Crippen molar-refractivity contribution in [2.45, 2.75) is 13.8 Å². The summed E-state index contributed by atoms with van der Waals surface area (Å²) in [5.74, 6) is -0.00848. The van der Waals surface area contributed by atoms with E-state index in [1.165, 1.54) is 0 Å². The summed E-state index contributed by atoms with van der Waals surface area (Å²) in [6.07, 6.45) is 3.31. The van der Waals surface area contributed by atoms with E-state index in [0.717, 1.165) is 5.57 Å². The summed E-state index contributed by atoms with van der Waals surface area (Å²) in [6.45, 7) is 12.0. The van der Waals surface area contributed by atoms with Crippen molar-refractivity contribution in [2.75, 3.05) is 13.1 Å². The van der Waals surface area contributed by atoms with Crippen LogP contribution in [0.1, 0.15) is 13.8 Å². The molecule has 1 fully saturated rings. The summed E-state index contributed by atoms with van der Waals surface area (Å²) in [6, 6.07) is 0. The number of rotatable bonds is 3. The molecule has 96 valence electrons. The molecule has 1 spiro atoms. The fourth-order valence-electron chi connectivity index (χ4n) is 2.60. The van der Waals surface area contributed by atoms with E-state index < -0.39 is 5.41 Å². The van der Waals surface area contributed by atoms with Crippen molar-refractivity contribution in [3.8, 4) is 0 Å². The van der Waals surface area contributed by atoms with E-state index in [4.69, 9.17) is 0 Å². The number of carbonyl (C=O) groups is 2. The zero-order valence-corrected chi connectivity index (χ0v) is 10.8. The Kier molecular flexibility index (Phi) is 2.89. The molecule has 0 radical (unpaired) electrons. The zero-order chi connectivity index (χ0) is 13.5. The largest absolute Gasteiger partial charge is 0.339 e. The van der Waals surface area contributed by atoms with Gasteiger partial charge in [-0.25, -0.2) is 0 Å². The molecule has 18 heavy (non-hydrogen) atoms. The molecular formula is C14H18N2O2. The predicted molar refractivity (Wildman–Crippen MR) is 69.4 cm³/mol. The predicted octanol–water partition coefficient (Wildman–Crippen LogP) is 1.23. The SMILES string of the molecule is C=CC1=C(C=C)C2(CN(C(=O)C(C)C)C2)C(=O)N1.